The molecule has 40 heavy (non-hydrogen) atoms. The van der Waals surface area contributed by atoms with Gasteiger partial charge in [-0.1, -0.05) is 114 Å². The van der Waals surface area contributed by atoms with Gasteiger partial charge in [0.2, 0.25) is 0 Å². The van der Waals surface area contributed by atoms with Crippen LogP contribution in [0.2, 0.25) is 0 Å². The standard InChI is InChI=1S/C21H25.C10H12.C5H5.CH2.2ClH.Hf/c1-20(2,3)16-7-9-18-14(12-16)11-15-13-17(21(4,5)6)8-10-19(15)18;1-2-5-9(6-3-1)10-7-4-8-10;1-2-4-5-3-1;;;;/h7-13H,1-6H3;1-3,5-6,10H,4,7-8H2;1-5H;1H2;2*1H;/q-1;;-1;;;;+2/p-2. The Morgan fingerprint density at radius 2 is 1.15 bits per heavy atom. The van der Waals surface area contributed by atoms with Gasteiger partial charge >= 0.3 is 40.0 Å². The van der Waals surface area contributed by atoms with Crippen LogP contribution in [0.3, 0.4) is 0 Å². The second-order valence-corrected chi connectivity index (χ2v) is 24.1. The number of fused-ring (bicyclic) bond motifs is 3. The molecule has 5 aromatic rings. The summed E-state index contributed by atoms with van der Waals surface area (Å²) in [5.74, 6) is 0.890. The topological polar surface area (TPSA) is 0 Å². The zero-order valence-corrected chi connectivity index (χ0v) is 30.1. The van der Waals surface area contributed by atoms with Crippen molar-refractivity contribution >= 4 is 43.0 Å². The molecule has 0 aliphatic heterocycles. The Morgan fingerprint density at radius 3 is 1.48 bits per heavy atom. The smallest absolute Gasteiger partial charge is 0.0162 e. The summed E-state index contributed by atoms with van der Waals surface area (Å²) in [7, 11) is 10.3. The Kier molecular flexibility index (Phi) is 12.2. The Bertz CT molecular complexity index is 1370. The van der Waals surface area contributed by atoms with Crippen LogP contribution in [0.15, 0.2) is 103 Å². The van der Waals surface area contributed by atoms with Crippen LogP contribution in [-0.4, -0.2) is 4.26 Å². The molecule has 3 heteroatoms. The summed E-state index contributed by atoms with van der Waals surface area (Å²) >= 11 is -1.96. The van der Waals surface area contributed by atoms with E-state index in [9.17, 15) is 0 Å². The van der Waals surface area contributed by atoms with E-state index in [4.69, 9.17) is 17.2 Å². The molecule has 0 heterocycles. The first-order valence-corrected chi connectivity index (χ1v) is 25.7. The van der Waals surface area contributed by atoms with Gasteiger partial charge in [-0.15, -0.1) is 39.7 Å². The molecule has 1 fully saturated rings. The van der Waals surface area contributed by atoms with E-state index in [0.29, 0.717) is 0 Å². The first-order chi connectivity index (χ1) is 18.9. The molecule has 0 atom stereocenters. The predicted octanol–water partition coefficient (Wildman–Crippen LogP) is 12.0. The van der Waals surface area contributed by atoms with E-state index in [0.717, 1.165) is 5.92 Å². The summed E-state index contributed by atoms with van der Waals surface area (Å²) in [6.07, 6.45) is 4.24. The van der Waals surface area contributed by atoms with Crippen LogP contribution in [0, 0.1) is 0 Å². The van der Waals surface area contributed by atoms with Crippen molar-refractivity contribution in [2.75, 3.05) is 0 Å². The monoisotopic (exact) mass is 738 g/mol. The van der Waals surface area contributed by atoms with Crippen molar-refractivity contribution in [1.82, 2.24) is 0 Å². The van der Waals surface area contributed by atoms with E-state index in [2.05, 4.69) is 119 Å². The summed E-state index contributed by atoms with van der Waals surface area (Å²) in [5.41, 5.74) is 4.75. The molecule has 0 amide bonds. The fourth-order valence-corrected chi connectivity index (χ4v) is 4.74. The molecule has 1 saturated carbocycles. The van der Waals surface area contributed by atoms with Crippen molar-refractivity contribution in [2.24, 2.45) is 0 Å². The molecule has 0 nitrogen and oxygen atoms in total. The molecule has 0 N–H and O–H groups in total. The number of hydrogen-bond acceptors (Lipinski definition) is 0. The Balaban J connectivity index is 0.000000189. The Morgan fingerprint density at radius 1 is 0.700 bits per heavy atom. The van der Waals surface area contributed by atoms with Crippen LogP contribution in [0.25, 0.3) is 21.5 Å². The second kappa shape index (κ2) is 14.9. The first-order valence-electron chi connectivity index (χ1n) is 14.2. The van der Waals surface area contributed by atoms with Crippen LogP contribution in [0.4, 0.5) is 0 Å². The molecule has 1 aliphatic rings. The molecule has 0 bridgehead atoms. The number of rotatable bonds is 1. The van der Waals surface area contributed by atoms with Gasteiger partial charge in [0.15, 0.2) is 0 Å². The fourth-order valence-electron chi connectivity index (χ4n) is 4.74. The van der Waals surface area contributed by atoms with Crippen molar-refractivity contribution in [1.29, 1.82) is 0 Å². The van der Waals surface area contributed by atoms with Gasteiger partial charge in [-0.3, -0.25) is 0 Å². The van der Waals surface area contributed by atoms with Crippen LogP contribution >= 0.6 is 17.2 Å². The molecule has 0 saturated heterocycles. The predicted molar refractivity (Wildman–Crippen MR) is 178 cm³/mol. The van der Waals surface area contributed by atoms with Gasteiger partial charge in [-0.2, -0.15) is 18.2 Å². The molecular weight excluding hydrogens is 694 g/mol. The normalized spacial score (nSPS) is 13.2. The van der Waals surface area contributed by atoms with E-state index in [1.54, 1.807) is 0 Å². The molecule has 1 aliphatic carbocycles. The van der Waals surface area contributed by atoms with Crippen molar-refractivity contribution in [3.63, 3.8) is 0 Å². The summed E-state index contributed by atoms with van der Waals surface area (Å²) < 4.78 is 3.38. The maximum atomic E-state index is 5.14. The van der Waals surface area contributed by atoms with Gasteiger partial charge in [-0.05, 0) is 35.2 Å². The van der Waals surface area contributed by atoms with E-state index in [-0.39, 0.29) is 10.8 Å². The molecule has 0 radical (unpaired) electrons. The van der Waals surface area contributed by atoms with Crippen LogP contribution in [-0.2, 0) is 29.4 Å². The third kappa shape index (κ3) is 9.93. The summed E-state index contributed by atoms with van der Waals surface area (Å²) in [6.45, 7) is 13.6. The van der Waals surface area contributed by atoms with Gasteiger partial charge in [-0.25, -0.2) is 12.1 Å². The number of benzene rings is 3. The van der Waals surface area contributed by atoms with Gasteiger partial charge in [0.05, 0.1) is 0 Å². The van der Waals surface area contributed by atoms with Crippen molar-refractivity contribution in [3.8, 4) is 0 Å². The summed E-state index contributed by atoms with van der Waals surface area (Å²) in [6, 6.07) is 37.0. The largest absolute Gasteiger partial charge is 0.214 e. The summed E-state index contributed by atoms with van der Waals surface area (Å²) in [5, 5.41) is 5.48. The molecule has 0 aromatic heterocycles. The SMILES string of the molecule is CC(C)(C)c1ccc2c(c1)[cH-]c1cc(C(C)(C)C)ccc12.[CH2]=[Hf]([Cl])[Cl].c1cc[cH-]c1.c1ccc(C2CCC2)cc1. The fraction of sp³-hybridized carbons (Fsp3) is 0.324. The Hall–Kier alpha value is -1.80. The molecule has 5 aromatic carbocycles. The third-order valence-electron chi connectivity index (χ3n) is 7.37. The Labute approximate surface area is 257 Å². The third-order valence-corrected chi connectivity index (χ3v) is 7.37. The minimum absolute atomic E-state index is 0.203. The first kappa shape index (κ1) is 32.7. The van der Waals surface area contributed by atoms with E-state index in [1.165, 1.54) is 57.5 Å². The van der Waals surface area contributed by atoms with Crippen LogP contribution < -0.4 is 0 Å². The minimum atomic E-state index is -1.96. The average molecular weight is 738 g/mol. The van der Waals surface area contributed by atoms with E-state index in [1.807, 2.05) is 30.3 Å². The van der Waals surface area contributed by atoms with Gasteiger partial charge < -0.3 is 0 Å². The van der Waals surface area contributed by atoms with Crippen molar-refractivity contribution in [2.45, 2.75) is 77.6 Å². The number of halogens is 2. The summed E-state index contributed by atoms with van der Waals surface area (Å²) in [4.78, 5) is 0. The van der Waals surface area contributed by atoms with Crippen molar-refractivity contribution < 1.29 is 18.6 Å². The van der Waals surface area contributed by atoms with Crippen molar-refractivity contribution in [3.05, 3.63) is 120 Å². The molecule has 212 valence electrons. The van der Waals surface area contributed by atoms with Gasteiger partial charge in [0, 0.05) is 0 Å². The zero-order valence-electron chi connectivity index (χ0n) is 25.0. The van der Waals surface area contributed by atoms with Crippen LogP contribution in [0.1, 0.15) is 83.4 Å². The van der Waals surface area contributed by atoms with Crippen LogP contribution in [0.5, 0.6) is 0 Å². The molecule has 0 spiro atoms. The maximum Gasteiger partial charge on any atom is -0.0162 e. The molecule has 0 unspecified atom stereocenters. The zero-order chi connectivity index (χ0) is 29.3. The maximum absolute atomic E-state index is 5.14. The quantitative estimate of drug-likeness (QED) is 0.119. The van der Waals surface area contributed by atoms with E-state index >= 15 is 0 Å². The number of hydrogen-bond donors (Lipinski definition) is 0. The van der Waals surface area contributed by atoms with Gasteiger partial charge in [0.1, 0.15) is 0 Å². The molecular formula is C37H44Cl2Hf-2. The van der Waals surface area contributed by atoms with Gasteiger partial charge in [0.25, 0.3) is 0 Å². The minimum Gasteiger partial charge on any atom is -0.214 e. The average Bonchev–Trinajstić information content (AvgIpc) is 3.54. The second-order valence-electron chi connectivity index (χ2n) is 12.6. The molecule has 6 rings (SSSR count). The van der Waals surface area contributed by atoms with E-state index < -0.39 is 18.6 Å².